The summed E-state index contributed by atoms with van der Waals surface area (Å²) >= 11 is 0. The molecular weight excluding hydrogens is 286 g/mol. The molecule has 4 nitrogen and oxygen atoms in total. The maximum Gasteiger partial charge on any atom is 0.236 e. The summed E-state index contributed by atoms with van der Waals surface area (Å²) in [6.45, 7) is 2.28. The van der Waals surface area contributed by atoms with Crippen LogP contribution in [-0.4, -0.2) is 15.0 Å². The summed E-state index contributed by atoms with van der Waals surface area (Å²) in [4.78, 5) is 13.7. The van der Waals surface area contributed by atoms with E-state index < -0.39 is 0 Å². The number of ether oxygens (including phenoxy) is 1. The third-order valence-electron chi connectivity index (χ3n) is 3.71. The van der Waals surface area contributed by atoms with Crippen LogP contribution in [0.1, 0.15) is 11.4 Å². The first-order valence-corrected chi connectivity index (χ1v) is 7.50. The first-order valence-electron chi connectivity index (χ1n) is 7.50. The van der Waals surface area contributed by atoms with E-state index in [0.717, 1.165) is 33.3 Å². The average Bonchev–Trinajstić information content (AvgIpc) is 2.59. The molecule has 2 heterocycles. The van der Waals surface area contributed by atoms with Crippen LogP contribution in [0, 0.1) is 6.92 Å². The van der Waals surface area contributed by atoms with Gasteiger partial charge in [0.15, 0.2) is 0 Å². The minimum Gasteiger partial charge on any atom is -0.470 e. The van der Waals surface area contributed by atoms with E-state index in [1.54, 1.807) is 0 Å². The van der Waals surface area contributed by atoms with Crippen molar-refractivity contribution in [1.82, 2.24) is 15.0 Å². The minimum atomic E-state index is 0.374. The summed E-state index contributed by atoms with van der Waals surface area (Å²) in [5, 5.41) is 1.12. The predicted octanol–water partition coefficient (Wildman–Crippen LogP) is 4.07. The second-order valence-electron chi connectivity index (χ2n) is 5.39. The van der Waals surface area contributed by atoms with Gasteiger partial charge < -0.3 is 4.74 Å². The van der Waals surface area contributed by atoms with Gasteiger partial charge in [-0.05, 0) is 31.2 Å². The monoisotopic (exact) mass is 301 g/mol. The van der Waals surface area contributed by atoms with E-state index in [-0.39, 0.29) is 0 Å². The third-order valence-corrected chi connectivity index (χ3v) is 3.71. The van der Waals surface area contributed by atoms with E-state index in [4.69, 9.17) is 4.74 Å². The molecule has 2 aromatic heterocycles. The Bertz CT molecular complexity index is 998. The molecule has 4 aromatic rings. The highest BCUT2D eigenvalue weighted by Gasteiger charge is 2.07. The molecule has 0 atom stereocenters. The third kappa shape index (κ3) is 2.71. The maximum absolute atomic E-state index is 5.84. The fraction of sp³-hybridized carbons (Fsp3) is 0.105. The van der Waals surface area contributed by atoms with Crippen LogP contribution in [0.5, 0.6) is 5.88 Å². The molecule has 4 heteroatoms. The highest BCUT2D eigenvalue weighted by atomic mass is 16.5. The van der Waals surface area contributed by atoms with E-state index in [1.165, 1.54) is 0 Å². The molecule has 0 bridgehead atoms. The van der Waals surface area contributed by atoms with Crippen molar-refractivity contribution in [1.29, 1.82) is 0 Å². The van der Waals surface area contributed by atoms with E-state index in [1.807, 2.05) is 61.5 Å². The number of hydrogen-bond acceptors (Lipinski definition) is 4. The summed E-state index contributed by atoms with van der Waals surface area (Å²) in [5.74, 6) is 0.554. The van der Waals surface area contributed by atoms with E-state index in [0.29, 0.717) is 12.5 Å². The lowest BCUT2D eigenvalue weighted by atomic mass is 10.2. The minimum absolute atomic E-state index is 0.374. The van der Waals surface area contributed by atoms with Gasteiger partial charge in [-0.25, -0.2) is 15.0 Å². The van der Waals surface area contributed by atoms with Crippen molar-refractivity contribution in [3.05, 3.63) is 72.1 Å². The van der Waals surface area contributed by atoms with Crippen LogP contribution >= 0.6 is 0 Å². The van der Waals surface area contributed by atoms with E-state index in [2.05, 4.69) is 21.0 Å². The van der Waals surface area contributed by atoms with Gasteiger partial charge in [-0.15, -0.1) is 0 Å². The van der Waals surface area contributed by atoms with Gasteiger partial charge in [-0.2, -0.15) is 0 Å². The van der Waals surface area contributed by atoms with Crippen LogP contribution in [-0.2, 0) is 6.61 Å². The maximum atomic E-state index is 5.84. The van der Waals surface area contributed by atoms with Crippen LogP contribution in [0.4, 0.5) is 0 Å². The van der Waals surface area contributed by atoms with Crippen molar-refractivity contribution in [2.75, 3.05) is 0 Å². The molecule has 0 fully saturated rings. The number of benzene rings is 2. The number of para-hydroxylation sites is 3. The molecule has 0 radical (unpaired) electrons. The first kappa shape index (κ1) is 13.6. The van der Waals surface area contributed by atoms with Crippen LogP contribution in [0.15, 0.2) is 60.7 Å². The Balaban J connectivity index is 1.61. The molecule has 112 valence electrons. The van der Waals surface area contributed by atoms with Gasteiger partial charge >= 0.3 is 0 Å². The van der Waals surface area contributed by atoms with Crippen LogP contribution in [0.3, 0.4) is 0 Å². The lowest BCUT2D eigenvalue weighted by Crippen LogP contribution is -2.02. The van der Waals surface area contributed by atoms with Gasteiger partial charge in [0.1, 0.15) is 12.3 Å². The lowest BCUT2D eigenvalue weighted by molar-refractivity contribution is 0.287. The molecule has 0 saturated carbocycles. The number of pyridine rings is 1. The largest absolute Gasteiger partial charge is 0.470 e. The second kappa shape index (κ2) is 5.65. The van der Waals surface area contributed by atoms with Crippen LogP contribution in [0.25, 0.3) is 21.9 Å². The zero-order valence-electron chi connectivity index (χ0n) is 12.7. The van der Waals surface area contributed by atoms with Crippen molar-refractivity contribution in [2.24, 2.45) is 0 Å². The van der Waals surface area contributed by atoms with Crippen LogP contribution < -0.4 is 4.74 Å². The molecule has 0 N–H and O–H groups in total. The molecule has 0 aliphatic rings. The van der Waals surface area contributed by atoms with Crippen LogP contribution in [0.2, 0.25) is 0 Å². The molecule has 23 heavy (non-hydrogen) atoms. The fourth-order valence-corrected chi connectivity index (χ4v) is 2.54. The molecule has 0 spiro atoms. The quantitative estimate of drug-likeness (QED) is 0.572. The number of aromatic nitrogens is 3. The van der Waals surface area contributed by atoms with Crippen molar-refractivity contribution in [2.45, 2.75) is 13.5 Å². The van der Waals surface area contributed by atoms with Gasteiger partial charge in [0, 0.05) is 5.39 Å². The van der Waals surface area contributed by atoms with Gasteiger partial charge in [-0.3, -0.25) is 0 Å². The Kier molecular flexibility index (Phi) is 3.35. The Hall–Kier alpha value is -3.01. The standard InChI is InChI=1S/C19H15N3O/c1-13-19(22-18-9-5-4-8-17(18)20-13)23-12-15-11-10-14-6-2-3-7-16(14)21-15/h2-11H,12H2,1H3. The number of aryl methyl sites for hydroxylation is 1. The van der Waals surface area contributed by atoms with Gasteiger partial charge in [0.25, 0.3) is 0 Å². The number of rotatable bonds is 3. The molecule has 0 aliphatic carbocycles. The van der Waals surface area contributed by atoms with Crippen molar-refractivity contribution in [3.8, 4) is 5.88 Å². The Labute approximate surface area is 133 Å². The smallest absolute Gasteiger partial charge is 0.236 e. The predicted molar refractivity (Wildman–Crippen MR) is 90.4 cm³/mol. The molecule has 0 saturated heterocycles. The topological polar surface area (TPSA) is 47.9 Å². The summed E-state index contributed by atoms with van der Waals surface area (Å²) < 4.78 is 5.84. The lowest BCUT2D eigenvalue weighted by Gasteiger charge is -2.09. The zero-order chi connectivity index (χ0) is 15.6. The Morgan fingerprint density at radius 3 is 2.26 bits per heavy atom. The van der Waals surface area contributed by atoms with E-state index >= 15 is 0 Å². The Morgan fingerprint density at radius 1 is 0.739 bits per heavy atom. The summed E-state index contributed by atoms with van der Waals surface area (Å²) in [6.07, 6.45) is 0. The number of fused-ring (bicyclic) bond motifs is 2. The van der Waals surface area contributed by atoms with Gasteiger partial charge in [-0.1, -0.05) is 36.4 Å². The zero-order valence-corrected chi connectivity index (χ0v) is 12.7. The van der Waals surface area contributed by atoms with Gasteiger partial charge in [0.2, 0.25) is 5.88 Å². The highest BCUT2D eigenvalue weighted by molar-refractivity contribution is 5.78. The molecule has 0 amide bonds. The molecule has 0 unspecified atom stereocenters. The summed E-state index contributed by atoms with van der Waals surface area (Å²) in [6, 6.07) is 19.9. The van der Waals surface area contributed by atoms with Crippen molar-refractivity contribution < 1.29 is 4.74 Å². The molecule has 0 aliphatic heterocycles. The summed E-state index contributed by atoms with van der Waals surface area (Å²) in [5.41, 5.74) is 4.33. The number of hydrogen-bond donors (Lipinski definition) is 0. The Morgan fingerprint density at radius 2 is 1.43 bits per heavy atom. The van der Waals surface area contributed by atoms with Crippen molar-refractivity contribution in [3.63, 3.8) is 0 Å². The second-order valence-corrected chi connectivity index (χ2v) is 5.39. The number of nitrogens with zero attached hydrogens (tertiary/aromatic N) is 3. The first-order chi connectivity index (χ1) is 11.3. The molecular formula is C19H15N3O. The van der Waals surface area contributed by atoms with E-state index in [9.17, 15) is 0 Å². The normalized spacial score (nSPS) is 11.0. The molecule has 4 rings (SSSR count). The fourth-order valence-electron chi connectivity index (χ4n) is 2.54. The van der Waals surface area contributed by atoms with Gasteiger partial charge in [0.05, 0.1) is 22.2 Å². The highest BCUT2D eigenvalue weighted by Crippen LogP contribution is 2.19. The average molecular weight is 301 g/mol. The molecule has 2 aromatic carbocycles. The SMILES string of the molecule is Cc1nc2ccccc2nc1OCc1ccc2ccccc2n1. The summed E-state index contributed by atoms with van der Waals surface area (Å²) in [7, 11) is 0. The van der Waals surface area contributed by atoms with Crippen molar-refractivity contribution >= 4 is 21.9 Å².